The topological polar surface area (TPSA) is 46.2 Å². The fourth-order valence-electron chi connectivity index (χ4n) is 2.39. The third kappa shape index (κ3) is 1.38. The van der Waals surface area contributed by atoms with Gasteiger partial charge in [-0.15, -0.1) is 0 Å². The van der Waals surface area contributed by atoms with Gasteiger partial charge in [0, 0.05) is 5.54 Å². The molecule has 0 bridgehead atoms. The third-order valence-electron chi connectivity index (χ3n) is 3.64. The molecule has 82 valence electrons. The van der Waals surface area contributed by atoms with Gasteiger partial charge in [-0.05, 0) is 53.8 Å². The summed E-state index contributed by atoms with van der Waals surface area (Å²) in [6.45, 7) is 0. The molecule has 0 aromatic heterocycles. The molecule has 0 aliphatic heterocycles. The first-order valence-corrected chi connectivity index (χ1v) is 5.70. The Morgan fingerprint density at radius 2 is 1.69 bits per heavy atom. The van der Waals surface area contributed by atoms with Crippen LogP contribution in [0.15, 0.2) is 36.4 Å². The number of nitrogens with two attached hydrogens (primary N) is 1. The number of rotatable bonds is 1. The molecule has 2 aromatic rings. The normalized spacial score (nSPS) is 18.3. The lowest BCUT2D eigenvalue weighted by molar-refractivity contribution is 0.254. The smallest absolute Gasteiger partial charge is 0.116 e. The Labute approximate surface area is 94.7 Å². The summed E-state index contributed by atoms with van der Waals surface area (Å²) in [5, 5.41) is 11.6. The van der Waals surface area contributed by atoms with Crippen LogP contribution in [0.1, 0.15) is 24.8 Å². The first kappa shape index (κ1) is 9.67. The van der Waals surface area contributed by atoms with Gasteiger partial charge in [0.05, 0.1) is 0 Å². The zero-order valence-electron chi connectivity index (χ0n) is 9.11. The molecule has 1 aliphatic carbocycles. The van der Waals surface area contributed by atoms with Crippen molar-refractivity contribution < 1.29 is 5.11 Å². The quantitative estimate of drug-likeness (QED) is 0.765. The minimum Gasteiger partial charge on any atom is -0.508 e. The number of aromatic hydroxyl groups is 1. The molecule has 3 N–H and O–H groups in total. The van der Waals surface area contributed by atoms with Gasteiger partial charge in [0.15, 0.2) is 0 Å². The van der Waals surface area contributed by atoms with Crippen molar-refractivity contribution in [2.45, 2.75) is 24.8 Å². The molecule has 1 aliphatic rings. The number of fused-ring (bicyclic) bond motifs is 1. The second-order valence-corrected chi connectivity index (χ2v) is 4.76. The largest absolute Gasteiger partial charge is 0.508 e. The van der Waals surface area contributed by atoms with Crippen LogP contribution in [-0.2, 0) is 5.54 Å². The predicted molar refractivity (Wildman–Crippen MR) is 65.3 cm³/mol. The summed E-state index contributed by atoms with van der Waals surface area (Å²) in [5.41, 5.74) is 7.41. The molecule has 1 fully saturated rings. The van der Waals surface area contributed by atoms with Crippen molar-refractivity contribution in [2.75, 3.05) is 0 Å². The van der Waals surface area contributed by atoms with E-state index in [1.54, 1.807) is 12.1 Å². The molecule has 0 saturated heterocycles. The predicted octanol–water partition coefficient (Wildman–Crippen LogP) is 2.88. The molecule has 0 spiro atoms. The maximum Gasteiger partial charge on any atom is 0.116 e. The third-order valence-corrected chi connectivity index (χ3v) is 3.64. The Balaban J connectivity index is 2.12. The van der Waals surface area contributed by atoms with Crippen LogP contribution in [0.3, 0.4) is 0 Å². The Morgan fingerprint density at radius 3 is 2.38 bits per heavy atom. The lowest BCUT2D eigenvalue weighted by Gasteiger charge is -2.38. The van der Waals surface area contributed by atoms with Gasteiger partial charge in [-0.2, -0.15) is 0 Å². The van der Waals surface area contributed by atoms with Crippen LogP contribution in [0.25, 0.3) is 10.8 Å². The summed E-state index contributed by atoms with van der Waals surface area (Å²) in [4.78, 5) is 0. The van der Waals surface area contributed by atoms with Crippen molar-refractivity contribution in [3.8, 4) is 5.75 Å². The highest BCUT2D eigenvalue weighted by Gasteiger charge is 2.34. The summed E-state index contributed by atoms with van der Waals surface area (Å²) in [5.74, 6) is 0.311. The van der Waals surface area contributed by atoms with E-state index in [0.717, 1.165) is 23.6 Å². The summed E-state index contributed by atoms with van der Waals surface area (Å²) in [6.07, 6.45) is 3.39. The number of phenols is 1. The molecule has 3 rings (SSSR count). The van der Waals surface area contributed by atoms with Gasteiger partial charge in [0.1, 0.15) is 5.75 Å². The van der Waals surface area contributed by atoms with Crippen molar-refractivity contribution in [1.82, 2.24) is 0 Å². The molecule has 2 nitrogen and oxygen atoms in total. The second kappa shape index (κ2) is 3.22. The van der Waals surface area contributed by atoms with Gasteiger partial charge in [0.25, 0.3) is 0 Å². The Morgan fingerprint density at radius 1 is 1.00 bits per heavy atom. The molecule has 2 heteroatoms. The highest BCUT2D eigenvalue weighted by molar-refractivity contribution is 5.84. The van der Waals surface area contributed by atoms with Gasteiger partial charge in [-0.3, -0.25) is 0 Å². The van der Waals surface area contributed by atoms with E-state index in [4.69, 9.17) is 5.73 Å². The van der Waals surface area contributed by atoms with Crippen LogP contribution in [0.5, 0.6) is 5.75 Å². The van der Waals surface area contributed by atoms with Crippen LogP contribution < -0.4 is 5.73 Å². The van der Waals surface area contributed by atoms with E-state index in [0.29, 0.717) is 5.75 Å². The maximum absolute atomic E-state index is 9.39. The van der Waals surface area contributed by atoms with Gasteiger partial charge in [0.2, 0.25) is 0 Å². The molecule has 2 aromatic carbocycles. The molecule has 0 atom stereocenters. The minimum atomic E-state index is -0.105. The molecule has 0 amide bonds. The average Bonchev–Trinajstić information content (AvgIpc) is 2.25. The maximum atomic E-state index is 9.39. The zero-order valence-corrected chi connectivity index (χ0v) is 9.11. The van der Waals surface area contributed by atoms with E-state index < -0.39 is 0 Å². The minimum absolute atomic E-state index is 0.105. The van der Waals surface area contributed by atoms with E-state index in [1.807, 2.05) is 12.1 Å². The van der Waals surface area contributed by atoms with Crippen molar-refractivity contribution >= 4 is 10.8 Å². The molecular weight excluding hydrogens is 198 g/mol. The van der Waals surface area contributed by atoms with Crippen LogP contribution in [-0.4, -0.2) is 5.11 Å². The van der Waals surface area contributed by atoms with Gasteiger partial charge in [-0.25, -0.2) is 0 Å². The summed E-state index contributed by atoms with van der Waals surface area (Å²) >= 11 is 0. The molecular formula is C14H15NO. The number of phenolic OH excluding ortho intramolecular Hbond substituents is 1. The fourth-order valence-corrected chi connectivity index (χ4v) is 2.39. The molecule has 16 heavy (non-hydrogen) atoms. The van der Waals surface area contributed by atoms with Crippen LogP contribution in [0.4, 0.5) is 0 Å². The molecule has 0 radical (unpaired) electrons. The summed E-state index contributed by atoms with van der Waals surface area (Å²) < 4.78 is 0. The van der Waals surface area contributed by atoms with Gasteiger partial charge in [-0.1, -0.05) is 18.2 Å². The van der Waals surface area contributed by atoms with E-state index in [1.165, 1.54) is 12.0 Å². The Kier molecular flexibility index (Phi) is 1.95. The van der Waals surface area contributed by atoms with E-state index in [2.05, 4.69) is 12.1 Å². The summed E-state index contributed by atoms with van der Waals surface area (Å²) in [6, 6.07) is 11.7. The van der Waals surface area contributed by atoms with E-state index in [-0.39, 0.29) is 5.54 Å². The number of hydrogen-bond donors (Lipinski definition) is 2. The second-order valence-electron chi connectivity index (χ2n) is 4.76. The highest BCUT2D eigenvalue weighted by Crippen LogP contribution is 2.39. The highest BCUT2D eigenvalue weighted by atomic mass is 16.3. The van der Waals surface area contributed by atoms with E-state index in [9.17, 15) is 5.11 Å². The van der Waals surface area contributed by atoms with Crippen molar-refractivity contribution in [3.05, 3.63) is 42.0 Å². The Hall–Kier alpha value is -1.54. The fraction of sp³-hybridized carbons (Fsp3) is 0.286. The molecule has 0 heterocycles. The number of benzene rings is 2. The lowest BCUT2D eigenvalue weighted by atomic mass is 9.72. The first-order chi connectivity index (χ1) is 7.67. The van der Waals surface area contributed by atoms with Crippen molar-refractivity contribution in [3.63, 3.8) is 0 Å². The standard InChI is InChI=1S/C14H15NO/c15-14(6-1-7-14)12-4-2-11-9-13(16)5-3-10(11)8-12/h2-5,8-9,16H,1,6-7,15H2. The van der Waals surface area contributed by atoms with Crippen LogP contribution in [0.2, 0.25) is 0 Å². The van der Waals surface area contributed by atoms with Crippen molar-refractivity contribution in [2.24, 2.45) is 5.73 Å². The van der Waals surface area contributed by atoms with Crippen LogP contribution >= 0.6 is 0 Å². The van der Waals surface area contributed by atoms with Crippen LogP contribution in [0, 0.1) is 0 Å². The average molecular weight is 213 g/mol. The molecule has 1 saturated carbocycles. The molecule has 0 unspecified atom stereocenters. The Bertz CT molecular complexity index is 543. The van der Waals surface area contributed by atoms with Gasteiger partial charge >= 0.3 is 0 Å². The monoisotopic (exact) mass is 213 g/mol. The van der Waals surface area contributed by atoms with E-state index >= 15 is 0 Å². The summed E-state index contributed by atoms with van der Waals surface area (Å²) in [7, 11) is 0. The zero-order chi connectivity index (χ0) is 11.2. The lowest BCUT2D eigenvalue weighted by Crippen LogP contribution is -2.43. The van der Waals surface area contributed by atoms with Crippen molar-refractivity contribution in [1.29, 1.82) is 0 Å². The SMILES string of the molecule is NC1(c2ccc3cc(O)ccc3c2)CCC1. The first-order valence-electron chi connectivity index (χ1n) is 5.70. The number of hydrogen-bond acceptors (Lipinski definition) is 2. The van der Waals surface area contributed by atoms with Gasteiger partial charge < -0.3 is 10.8 Å².